The third-order valence-corrected chi connectivity index (χ3v) is 4.15. The summed E-state index contributed by atoms with van der Waals surface area (Å²) in [6.45, 7) is 8.23. The molecule has 0 unspecified atom stereocenters. The standard InChI is InChI=1S/C20H31N7O.HI/c1-5-18-26-24-14-27(18)10-9-22-20(21-4)23-13-16-7-6-8-17(12-16)25-19(28)11-15(2)3;/h6-8,12,14-15H,5,9-11,13H2,1-4H3,(H,25,28)(H2,21,22,23);1H. The average Bonchev–Trinajstić information content (AvgIpc) is 3.11. The summed E-state index contributed by atoms with van der Waals surface area (Å²) in [5.74, 6) is 2.07. The Hall–Kier alpha value is -2.17. The highest BCUT2D eigenvalue weighted by molar-refractivity contribution is 14.0. The van der Waals surface area contributed by atoms with Crippen LogP contribution < -0.4 is 16.0 Å². The minimum Gasteiger partial charge on any atom is -0.355 e. The van der Waals surface area contributed by atoms with Gasteiger partial charge in [-0.1, -0.05) is 32.9 Å². The van der Waals surface area contributed by atoms with Crippen LogP contribution in [0.2, 0.25) is 0 Å². The Morgan fingerprint density at radius 1 is 1.28 bits per heavy atom. The van der Waals surface area contributed by atoms with Gasteiger partial charge in [-0.3, -0.25) is 9.79 Å². The number of carbonyl (C=O) groups is 1. The third-order valence-electron chi connectivity index (χ3n) is 4.15. The molecule has 0 spiro atoms. The van der Waals surface area contributed by atoms with Crippen molar-refractivity contribution < 1.29 is 4.79 Å². The fraction of sp³-hybridized carbons (Fsp3) is 0.500. The topological polar surface area (TPSA) is 96.2 Å². The fourth-order valence-electron chi connectivity index (χ4n) is 2.78. The Labute approximate surface area is 190 Å². The molecule has 160 valence electrons. The van der Waals surface area contributed by atoms with Crippen molar-refractivity contribution in [3.05, 3.63) is 42.0 Å². The summed E-state index contributed by atoms with van der Waals surface area (Å²) in [5.41, 5.74) is 1.88. The molecule has 2 aromatic rings. The minimum atomic E-state index is 0. The van der Waals surface area contributed by atoms with Gasteiger partial charge >= 0.3 is 0 Å². The van der Waals surface area contributed by atoms with E-state index in [2.05, 4.69) is 38.1 Å². The van der Waals surface area contributed by atoms with E-state index in [-0.39, 0.29) is 29.9 Å². The third kappa shape index (κ3) is 8.80. The molecule has 0 aliphatic heterocycles. The van der Waals surface area contributed by atoms with Crippen LogP contribution in [-0.4, -0.2) is 40.2 Å². The molecule has 1 aromatic carbocycles. The predicted octanol–water partition coefficient (Wildman–Crippen LogP) is 2.81. The van der Waals surface area contributed by atoms with Crippen LogP contribution in [0.15, 0.2) is 35.6 Å². The van der Waals surface area contributed by atoms with Crippen LogP contribution >= 0.6 is 24.0 Å². The number of halogens is 1. The summed E-state index contributed by atoms with van der Waals surface area (Å²) in [7, 11) is 1.74. The van der Waals surface area contributed by atoms with E-state index in [1.54, 1.807) is 13.4 Å². The second-order valence-electron chi connectivity index (χ2n) is 6.99. The molecule has 29 heavy (non-hydrogen) atoms. The predicted molar refractivity (Wildman–Crippen MR) is 128 cm³/mol. The van der Waals surface area contributed by atoms with Crippen LogP contribution in [0.4, 0.5) is 5.69 Å². The van der Waals surface area contributed by atoms with Crippen LogP contribution in [0.25, 0.3) is 0 Å². The maximum Gasteiger partial charge on any atom is 0.224 e. The average molecular weight is 513 g/mol. The fourth-order valence-corrected chi connectivity index (χ4v) is 2.78. The minimum absolute atomic E-state index is 0. The number of rotatable bonds is 9. The molecule has 0 saturated heterocycles. The summed E-state index contributed by atoms with van der Waals surface area (Å²) in [6.07, 6.45) is 3.12. The first-order valence-corrected chi connectivity index (χ1v) is 9.71. The van der Waals surface area contributed by atoms with E-state index in [1.165, 1.54) is 0 Å². The Balaban J connectivity index is 0.00000420. The molecular formula is C20H32IN7O. The highest BCUT2D eigenvalue weighted by atomic mass is 127. The van der Waals surface area contributed by atoms with Gasteiger partial charge in [0.1, 0.15) is 12.2 Å². The number of guanidine groups is 1. The number of benzene rings is 1. The molecular weight excluding hydrogens is 481 g/mol. The van der Waals surface area contributed by atoms with Crippen LogP contribution in [0.1, 0.15) is 38.6 Å². The molecule has 3 N–H and O–H groups in total. The van der Waals surface area contributed by atoms with Crippen molar-refractivity contribution in [3.8, 4) is 0 Å². The molecule has 1 aromatic heterocycles. The Bertz CT molecular complexity index is 789. The molecule has 0 bridgehead atoms. The summed E-state index contributed by atoms with van der Waals surface area (Å²) < 4.78 is 2.03. The van der Waals surface area contributed by atoms with Gasteiger partial charge in [-0.25, -0.2) is 0 Å². The van der Waals surface area contributed by atoms with Crippen LogP contribution in [-0.2, 0) is 24.3 Å². The molecule has 0 aliphatic carbocycles. The lowest BCUT2D eigenvalue weighted by molar-refractivity contribution is -0.116. The molecule has 9 heteroatoms. The molecule has 8 nitrogen and oxygen atoms in total. The second kappa shape index (κ2) is 13.1. The van der Waals surface area contributed by atoms with Crippen molar-refractivity contribution in [1.29, 1.82) is 0 Å². The van der Waals surface area contributed by atoms with Gasteiger partial charge < -0.3 is 20.5 Å². The lowest BCUT2D eigenvalue weighted by Crippen LogP contribution is -2.38. The van der Waals surface area contributed by atoms with E-state index in [0.717, 1.165) is 42.5 Å². The SMILES string of the molecule is CCc1nncn1CCNC(=NC)NCc1cccc(NC(=O)CC(C)C)c1.I. The summed E-state index contributed by atoms with van der Waals surface area (Å²) in [6, 6.07) is 7.84. The van der Waals surface area contributed by atoms with Crippen molar-refractivity contribution in [2.24, 2.45) is 10.9 Å². The van der Waals surface area contributed by atoms with Gasteiger partial charge in [-0.05, 0) is 23.6 Å². The number of aryl methyl sites for hydroxylation is 1. The van der Waals surface area contributed by atoms with E-state index in [0.29, 0.717) is 18.9 Å². The first-order valence-electron chi connectivity index (χ1n) is 9.71. The number of hydrogen-bond acceptors (Lipinski definition) is 4. The van der Waals surface area contributed by atoms with Crippen LogP contribution in [0, 0.1) is 5.92 Å². The largest absolute Gasteiger partial charge is 0.355 e. The van der Waals surface area contributed by atoms with Crippen molar-refractivity contribution in [1.82, 2.24) is 25.4 Å². The summed E-state index contributed by atoms with van der Waals surface area (Å²) in [4.78, 5) is 16.2. The lowest BCUT2D eigenvalue weighted by Gasteiger charge is -2.13. The van der Waals surface area contributed by atoms with Gasteiger partial charge in [0.25, 0.3) is 0 Å². The van der Waals surface area contributed by atoms with E-state index in [9.17, 15) is 4.79 Å². The first kappa shape index (κ1) is 24.9. The van der Waals surface area contributed by atoms with Gasteiger partial charge in [0.15, 0.2) is 5.96 Å². The Kier molecular flexibility index (Phi) is 11.3. The van der Waals surface area contributed by atoms with E-state index < -0.39 is 0 Å². The maximum absolute atomic E-state index is 11.9. The number of aromatic nitrogens is 3. The molecule has 2 rings (SSSR count). The van der Waals surface area contributed by atoms with E-state index >= 15 is 0 Å². The van der Waals surface area contributed by atoms with E-state index in [4.69, 9.17) is 0 Å². The maximum atomic E-state index is 11.9. The molecule has 1 heterocycles. The van der Waals surface area contributed by atoms with Crippen molar-refractivity contribution in [3.63, 3.8) is 0 Å². The molecule has 0 atom stereocenters. The molecule has 0 aliphatic rings. The number of anilines is 1. The first-order chi connectivity index (χ1) is 13.5. The zero-order chi connectivity index (χ0) is 20.4. The zero-order valence-corrected chi connectivity index (χ0v) is 19.9. The Morgan fingerprint density at radius 3 is 2.76 bits per heavy atom. The smallest absolute Gasteiger partial charge is 0.224 e. The van der Waals surface area contributed by atoms with Gasteiger partial charge in [0, 0.05) is 45.2 Å². The number of aliphatic imine (C=N–C) groups is 1. The highest BCUT2D eigenvalue weighted by Gasteiger charge is 2.06. The summed E-state index contributed by atoms with van der Waals surface area (Å²) in [5, 5.41) is 17.6. The van der Waals surface area contributed by atoms with Crippen LogP contribution in [0.5, 0.6) is 0 Å². The molecule has 0 radical (unpaired) electrons. The van der Waals surface area contributed by atoms with Gasteiger partial charge in [-0.15, -0.1) is 34.2 Å². The second-order valence-corrected chi connectivity index (χ2v) is 6.99. The lowest BCUT2D eigenvalue weighted by atomic mass is 10.1. The van der Waals surface area contributed by atoms with Gasteiger partial charge in [0.05, 0.1) is 0 Å². The number of nitrogens with one attached hydrogen (secondary N) is 3. The van der Waals surface area contributed by atoms with Crippen molar-refractivity contribution in [2.45, 2.75) is 46.7 Å². The highest BCUT2D eigenvalue weighted by Crippen LogP contribution is 2.12. The van der Waals surface area contributed by atoms with Gasteiger partial charge in [-0.2, -0.15) is 0 Å². The molecule has 0 saturated carbocycles. The summed E-state index contributed by atoms with van der Waals surface area (Å²) >= 11 is 0. The number of hydrogen-bond donors (Lipinski definition) is 3. The monoisotopic (exact) mass is 513 g/mol. The number of amides is 1. The zero-order valence-electron chi connectivity index (χ0n) is 17.6. The van der Waals surface area contributed by atoms with E-state index in [1.807, 2.05) is 42.7 Å². The van der Waals surface area contributed by atoms with Gasteiger partial charge in [0.2, 0.25) is 5.91 Å². The molecule has 0 fully saturated rings. The molecule has 1 amide bonds. The van der Waals surface area contributed by atoms with Crippen molar-refractivity contribution in [2.75, 3.05) is 18.9 Å². The Morgan fingerprint density at radius 2 is 2.07 bits per heavy atom. The number of nitrogens with zero attached hydrogens (tertiary/aromatic N) is 4. The number of carbonyl (C=O) groups excluding carboxylic acids is 1. The quantitative estimate of drug-likeness (QED) is 0.272. The normalized spacial score (nSPS) is 11.1. The van der Waals surface area contributed by atoms with Crippen LogP contribution in [0.3, 0.4) is 0 Å². The van der Waals surface area contributed by atoms with Crippen molar-refractivity contribution >= 4 is 41.5 Å².